The van der Waals surface area contributed by atoms with Gasteiger partial charge in [0.25, 0.3) is 5.91 Å². The van der Waals surface area contributed by atoms with Crippen LogP contribution in [-0.4, -0.2) is 33.9 Å². The van der Waals surface area contributed by atoms with E-state index >= 15 is 0 Å². The molecule has 0 atom stereocenters. The van der Waals surface area contributed by atoms with Crippen molar-refractivity contribution < 1.29 is 9.53 Å². The van der Waals surface area contributed by atoms with Crippen LogP contribution < -0.4 is 10.1 Å². The first-order chi connectivity index (χ1) is 12.8. The topological polar surface area (TPSA) is 67.3 Å². The summed E-state index contributed by atoms with van der Waals surface area (Å²) in [7, 11) is 0. The third-order valence-corrected chi connectivity index (χ3v) is 4.15. The van der Waals surface area contributed by atoms with Gasteiger partial charge in [0.2, 0.25) is 5.88 Å². The Hall–Kier alpha value is -3.41. The van der Waals surface area contributed by atoms with Crippen molar-refractivity contribution in [3.05, 3.63) is 72.6 Å². The van der Waals surface area contributed by atoms with Gasteiger partial charge in [-0.25, -0.2) is 9.97 Å². The number of aromatic nitrogens is 2. The van der Waals surface area contributed by atoms with Crippen LogP contribution in [-0.2, 0) is 0 Å². The van der Waals surface area contributed by atoms with Crippen LogP contribution in [0.4, 0.5) is 11.5 Å². The number of likely N-dealkylation sites (tertiary alicyclic amines) is 1. The summed E-state index contributed by atoms with van der Waals surface area (Å²) in [4.78, 5) is 22.7. The summed E-state index contributed by atoms with van der Waals surface area (Å²) in [6.07, 6.45) is 4.41. The van der Waals surface area contributed by atoms with Crippen LogP contribution in [0.1, 0.15) is 16.8 Å². The molecule has 4 rings (SSSR count). The lowest BCUT2D eigenvalue weighted by Crippen LogP contribution is -2.42. The molecule has 0 bridgehead atoms. The van der Waals surface area contributed by atoms with Crippen molar-refractivity contribution in [3.63, 3.8) is 0 Å². The molecule has 0 radical (unpaired) electrons. The van der Waals surface area contributed by atoms with Gasteiger partial charge in [0.1, 0.15) is 17.1 Å². The summed E-state index contributed by atoms with van der Waals surface area (Å²) in [6.45, 7) is 1.59. The molecule has 1 amide bonds. The second-order valence-electron chi connectivity index (χ2n) is 5.97. The molecular formula is C20H18N4O2. The van der Waals surface area contributed by atoms with Gasteiger partial charge in [0.05, 0.1) is 0 Å². The molecule has 0 unspecified atom stereocenters. The number of amides is 1. The van der Waals surface area contributed by atoms with Crippen molar-refractivity contribution in [3.8, 4) is 11.6 Å². The molecule has 6 heteroatoms. The van der Waals surface area contributed by atoms with E-state index in [1.54, 1.807) is 29.4 Å². The van der Waals surface area contributed by atoms with Gasteiger partial charge < -0.3 is 15.0 Å². The Bertz CT molecular complexity index is 893. The highest BCUT2D eigenvalue weighted by molar-refractivity contribution is 5.96. The van der Waals surface area contributed by atoms with Crippen molar-refractivity contribution in [2.45, 2.75) is 6.42 Å². The van der Waals surface area contributed by atoms with Crippen molar-refractivity contribution in [2.75, 3.05) is 18.4 Å². The first kappa shape index (κ1) is 16.1. The van der Waals surface area contributed by atoms with E-state index in [9.17, 15) is 4.79 Å². The third kappa shape index (κ3) is 3.49. The summed E-state index contributed by atoms with van der Waals surface area (Å²) in [6, 6.07) is 16.6. The molecule has 3 aromatic rings. The van der Waals surface area contributed by atoms with Crippen LogP contribution in [0.5, 0.6) is 11.6 Å². The number of carbonyl (C=O) groups is 1. The minimum absolute atomic E-state index is 0.0345. The van der Waals surface area contributed by atoms with Crippen molar-refractivity contribution in [1.82, 2.24) is 14.9 Å². The predicted octanol–water partition coefficient (Wildman–Crippen LogP) is 3.86. The maximum atomic E-state index is 12.5. The summed E-state index contributed by atoms with van der Waals surface area (Å²) >= 11 is 0. The van der Waals surface area contributed by atoms with Gasteiger partial charge >= 0.3 is 0 Å². The second kappa shape index (κ2) is 7.23. The molecule has 130 valence electrons. The van der Waals surface area contributed by atoms with Gasteiger partial charge in [-0.3, -0.25) is 4.79 Å². The van der Waals surface area contributed by atoms with Gasteiger partial charge in [-0.1, -0.05) is 6.07 Å². The van der Waals surface area contributed by atoms with Crippen molar-refractivity contribution in [1.29, 1.82) is 0 Å². The number of pyridine rings is 2. The number of ether oxygens (including phenoxy) is 1. The van der Waals surface area contributed by atoms with Crippen LogP contribution in [0.2, 0.25) is 0 Å². The fourth-order valence-electron chi connectivity index (χ4n) is 2.63. The predicted molar refractivity (Wildman–Crippen MR) is 98.8 cm³/mol. The number of benzene rings is 1. The number of anilines is 2. The molecule has 0 aliphatic carbocycles. The first-order valence-electron chi connectivity index (χ1n) is 8.50. The number of carbonyl (C=O) groups excluding carboxylic acids is 1. The molecule has 1 aromatic carbocycles. The van der Waals surface area contributed by atoms with Gasteiger partial charge in [0, 0.05) is 31.2 Å². The number of nitrogens with one attached hydrogen (secondary N) is 1. The molecule has 6 nitrogen and oxygen atoms in total. The van der Waals surface area contributed by atoms with Gasteiger partial charge in [-0.15, -0.1) is 0 Å². The first-order valence-corrected chi connectivity index (χ1v) is 8.50. The summed E-state index contributed by atoms with van der Waals surface area (Å²) in [5.74, 6) is 1.68. The maximum Gasteiger partial charge on any atom is 0.259 e. The van der Waals surface area contributed by atoms with E-state index in [2.05, 4.69) is 15.3 Å². The molecule has 0 spiro atoms. The Labute approximate surface area is 151 Å². The smallest absolute Gasteiger partial charge is 0.259 e. The molecule has 1 aliphatic heterocycles. The zero-order valence-electron chi connectivity index (χ0n) is 14.1. The van der Waals surface area contributed by atoms with Crippen LogP contribution >= 0.6 is 0 Å². The lowest BCUT2D eigenvalue weighted by molar-refractivity contribution is 0.0648. The highest BCUT2D eigenvalue weighted by Gasteiger charge is 2.25. The highest BCUT2D eigenvalue weighted by Crippen LogP contribution is 2.26. The number of hydrogen-bond donors (Lipinski definition) is 1. The molecule has 1 saturated heterocycles. The van der Waals surface area contributed by atoms with Gasteiger partial charge in [-0.05, 0) is 55.0 Å². The monoisotopic (exact) mass is 346 g/mol. The van der Waals surface area contributed by atoms with E-state index in [0.29, 0.717) is 17.2 Å². The molecular weight excluding hydrogens is 328 g/mol. The molecule has 2 aromatic heterocycles. The average molecular weight is 346 g/mol. The Morgan fingerprint density at radius 2 is 1.77 bits per heavy atom. The number of nitrogens with zero attached hydrogens (tertiary/aromatic N) is 3. The van der Waals surface area contributed by atoms with Gasteiger partial charge in [0.15, 0.2) is 0 Å². The Kier molecular flexibility index (Phi) is 4.47. The van der Waals surface area contributed by atoms with E-state index in [-0.39, 0.29) is 5.91 Å². The lowest BCUT2D eigenvalue weighted by Gasteiger charge is -2.31. The van der Waals surface area contributed by atoms with E-state index in [1.807, 2.05) is 42.5 Å². The molecule has 1 fully saturated rings. The van der Waals surface area contributed by atoms with E-state index in [4.69, 9.17) is 4.74 Å². The van der Waals surface area contributed by atoms with Crippen molar-refractivity contribution in [2.24, 2.45) is 0 Å². The SMILES string of the molecule is O=C(c1cccnc1Oc1ccc(Nc2ccccn2)cc1)N1CCC1. The summed E-state index contributed by atoms with van der Waals surface area (Å²) < 4.78 is 5.85. The molecule has 1 N–H and O–H groups in total. The van der Waals surface area contributed by atoms with E-state index < -0.39 is 0 Å². The highest BCUT2D eigenvalue weighted by atomic mass is 16.5. The largest absolute Gasteiger partial charge is 0.438 e. The molecule has 0 saturated carbocycles. The van der Waals surface area contributed by atoms with Crippen LogP contribution in [0.15, 0.2) is 67.0 Å². The number of rotatable bonds is 5. The Morgan fingerprint density at radius 3 is 2.46 bits per heavy atom. The minimum Gasteiger partial charge on any atom is -0.438 e. The Morgan fingerprint density at radius 1 is 0.962 bits per heavy atom. The summed E-state index contributed by atoms with van der Waals surface area (Å²) in [5.41, 5.74) is 1.39. The van der Waals surface area contributed by atoms with E-state index in [1.165, 1.54) is 0 Å². The maximum absolute atomic E-state index is 12.5. The standard InChI is InChI=1S/C20H18N4O2/c25-20(24-13-4-14-24)17-5-3-12-22-19(17)26-16-9-7-15(8-10-16)23-18-6-1-2-11-21-18/h1-3,5-12H,4,13-14H2,(H,21,23). The average Bonchev–Trinajstić information content (AvgIpc) is 2.63. The number of hydrogen-bond acceptors (Lipinski definition) is 5. The fourth-order valence-corrected chi connectivity index (χ4v) is 2.63. The normalized spacial score (nSPS) is 13.0. The van der Waals surface area contributed by atoms with Crippen LogP contribution in [0.3, 0.4) is 0 Å². The molecule has 1 aliphatic rings. The van der Waals surface area contributed by atoms with Gasteiger partial charge in [-0.2, -0.15) is 0 Å². The fraction of sp³-hybridized carbons (Fsp3) is 0.150. The molecule has 3 heterocycles. The van der Waals surface area contributed by atoms with Crippen LogP contribution in [0, 0.1) is 0 Å². The second-order valence-corrected chi connectivity index (χ2v) is 5.97. The van der Waals surface area contributed by atoms with Crippen LogP contribution in [0.25, 0.3) is 0 Å². The van der Waals surface area contributed by atoms with E-state index in [0.717, 1.165) is 31.0 Å². The molecule has 26 heavy (non-hydrogen) atoms. The zero-order chi connectivity index (χ0) is 17.8. The zero-order valence-corrected chi connectivity index (χ0v) is 14.1. The third-order valence-electron chi connectivity index (χ3n) is 4.15. The minimum atomic E-state index is -0.0345. The quantitative estimate of drug-likeness (QED) is 0.760. The Balaban J connectivity index is 1.48. The van der Waals surface area contributed by atoms with Crippen molar-refractivity contribution >= 4 is 17.4 Å². The lowest BCUT2D eigenvalue weighted by atomic mass is 10.1. The summed E-state index contributed by atoms with van der Waals surface area (Å²) in [5, 5.41) is 3.21.